The molecule has 0 atom stereocenters. The largest absolute Gasteiger partial charge is 0.354 e. The van der Waals surface area contributed by atoms with E-state index in [0.717, 1.165) is 36.4 Å². The van der Waals surface area contributed by atoms with Crippen LogP contribution in [0.5, 0.6) is 0 Å². The first-order chi connectivity index (χ1) is 8.77. The lowest BCUT2D eigenvalue weighted by molar-refractivity contribution is 0.775. The molecule has 0 bridgehead atoms. The Morgan fingerprint density at radius 1 is 1.11 bits per heavy atom. The number of halogens is 1. The van der Waals surface area contributed by atoms with Gasteiger partial charge >= 0.3 is 0 Å². The summed E-state index contributed by atoms with van der Waals surface area (Å²) in [7, 11) is 0. The van der Waals surface area contributed by atoms with E-state index >= 15 is 0 Å². The van der Waals surface area contributed by atoms with Crippen LogP contribution in [0.1, 0.15) is 19.0 Å². The topological polar surface area (TPSA) is 29.0 Å². The number of anilines is 1. The number of alkyl halides is 1. The fourth-order valence-electron chi connectivity index (χ4n) is 2.15. The molecule has 2 aromatic rings. The highest BCUT2D eigenvalue weighted by molar-refractivity contribution is 9.09. The Kier molecular flexibility index (Phi) is 4.53. The molecular formula is C14H18BrN3. The average molecular weight is 308 g/mol. The molecule has 0 saturated heterocycles. The molecular weight excluding hydrogens is 290 g/mol. The summed E-state index contributed by atoms with van der Waals surface area (Å²) in [6.45, 7) is 6.15. The van der Waals surface area contributed by atoms with Crippen LogP contribution in [-0.2, 0) is 0 Å². The lowest BCUT2D eigenvalue weighted by Crippen LogP contribution is -2.27. The van der Waals surface area contributed by atoms with E-state index in [4.69, 9.17) is 0 Å². The molecule has 96 valence electrons. The number of nitrogens with zero attached hydrogens (tertiary/aromatic N) is 3. The number of fused-ring (bicyclic) bond motifs is 1. The van der Waals surface area contributed by atoms with Crippen LogP contribution in [0.3, 0.4) is 0 Å². The van der Waals surface area contributed by atoms with Crippen molar-refractivity contribution in [3.63, 3.8) is 0 Å². The molecule has 0 aliphatic carbocycles. The van der Waals surface area contributed by atoms with Gasteiger partial charge in [-0.3, -0.25) is 0 Å². The molecule has 0 spiro atoms. The smallest absolute Gasteiger partial charge is 0.159 e. The van der Waals surface area contributed by atoms with Crippen LogP contribution in [0.4, 0.5) is 5.82 Å². The van der Waals surface area contributed by atoms with Crippen LogP contribution in [-0.4, -0.2) is 28.6 Å². The SMILES string of the molecule is CCCN(CCBr)c1nnc(C)c2ccccc12. The van der Waals surface area contributed by atoms with Crippen LogP contribution in [0.2, 0.25) is 0 Å². The molecule has 4 heteroatoms. The predicted molar refractivity (Wildman–Crippen MR) is 80.6 cm³/mol. The van der Waals surface area contributed by atoms with Crippen molar-refractivity contribution in [1.29, 1.82) is 0 Å². The molecule has 0 fully saturated rings. The first-order valence-electron chi connectivity index (χ1n) is 6.30. The van der Waals surface area contributed by atoms with Gasteiger partial charge in [0.05, 0.1) is 5.69 Å². The van der Waals surface area contributed by atoms with E-state index in [1.165, 1.54) is 10.8 Å². The number of hydrogen-bond donors (Lipinski definition) is 0. The Morgan fingerprint density at radius 2 is 1.83 bits per heavy atom. The second kappa shape index (κ2) is 6.14. The molecule has 0 unspecified atom stereocenters. The van der Waals surface area contributed by atoms with Crippen molar-refractivity contribution in [2.24, 2.45) is 0 Å². The van der Waals surface area contributed by atoms with E-state index in [9.17, 15) is 0 Å². The summed E-state index contributed by atoms with van der Waals surface area (Å²) in [6.07, 6.45) is 1.11. The molecule has 0 aliphatic rings. The van der Waals surface area contributed by atoms with Crippen LogP contribution in [0.15, 0.2) is 24.3 Å². The van der Waals surface area contributed by atoms with Gasteiger partial charge in [0.2, 0.25) is 0 Å². The normalized spacial score (nSPS) is 10.8. The van der Waals surface area contributed by atoms with Crippen molar-refractivity contribution < 1.29 is 0 Å². The van der Waals surface area contributed by atoms with Gasteiger partial charge in [0.15, 0.2) is 5.82 Å². The molecule has 2 rings (SSSR count). The Hall–Kier alpha value is -1.16. The minimum atomic E-state index is 0.941. The molecule has 3 nitrogen and oxygen atoms in total. The lowest BCUT2D eigenvalue weighted by atomic mass is 10.1. The Bertz CT molecular complexity index is 521. The first-order valence-corrected chi connectivity index (χ1v) is 7.43. The Balaban J connectivity index is 2.52. The maximum atomic E-state index is 4.40. The predicted octanol–water partition coefficient (Wildman–Crippen LogP) is 3.55. The van der Waals surface area contributed by atoms with E-state index in [1.807, 2.05) is 6.92 Å². The highest BCUT2D eigenvalue weighted by Gasteiger charge is 2.12. The summed E-state index contributed by atoms with van der Waals surface area (Å²) < 4.78 is 0. The summed E-state index contributed by atoms with van der Waals surface area (Å²) in [5.74, 6) is 0.998. The summed E-state index contributed by atoms with van der Waals surface area (Å²) in [5.41, 5.74) is 0.990. The summed E-state index contributed by atoms with van der Waals surface area (Å²) >= 11 is 3.51. The zero-order chi connectivity index (χ0) is 13.0. The monoisotopic (exact) mass is 307 g/mol. The number of benzene rings is 1. The highest BCUT2D eigenvalue weighted by Crippen LogP contribution is 2.25. The van der Waals surface area contributed by atoms with Crippen LogP contribution < -0.4 is 4.90 Å². The highest BCUT2D eigenvalue weighted by atomic mass is 79.9. The number of hydrogen-bond acceptors (Lipinski definition) is 3. The van der Waals surface area contributed by atoms with E-state index in [-0.39, 0.29) is 0 Å². The van der Waals surface area contributed by atoms with Gasteiger partial charge in [0.1, 0.15) is 0 Å². The minimum Gasteiger partial charge on any atom is -0.354 e. The molecule has 0 saturated carbocycles. The van der Waals surface area contributed by atoms with Crippen LogP contribution in [0.25, 0.3) is 10.8 Å². The number of aryl methyl sites for hydroxylation is 1. The second-order valence-corrected chi connectivity index (χ2v) is 5.12. The van der Waals surface area contributed by atoms with E-state index in [0.29, 0.717) is 0 Å². The van der Waals surface area contributed by atoms with Crippen LogP contribution in [0, 0.1) is 6.92 Å². The summed E-state index contributed by atoms with van der Waals surface area (Å²) in [5, 5.41) is 12.0. The van der Waals surface area contributed by atoms with Crippen molar-refractivity contribution in [1.82, 2.24) is 10.2 Å². The third-order valence-corrected chi connectivity index (χ3v) is 3.35. The summed E-state index contributed by atoms with van der Waals surface area (Å²) in [4.78, 5) is 2.30. The molecule has 0 aliphatic heterocycles. The second-order valence-electron chi connectivity index (χ2n) is 4.33. The fraction of sp³-hybridized carbons (Fsp3) is 0.429. The van der Waals surface area contributed by atoms with E-state index < -0.39 is 0 Å². The number of rotatable bonds is 5. The van der Waals surface area contributed by atoms with Gasteiger partial charge < -0.3 is 4.90 Å². The van der Waals surface area contributed by atoms with E-state index in [1.54, 1.807) is 0 Å². The molecule has 1 aromatic heterocycles. The first kappa shape index (κ1) is 13.3. The van der Waals surface area contributed by atoms with Gasteiger partial charge in [0, 0.05) is 29.2 Å². The quantitative estimate of drug-likeness (QED) is 0.791. The van der Waals surface area contributed by atoms with Gasteiger partial charge in [-0.25, -0.2) is 0 Å². The third-order valence-electron chi connectivity index (χ3n) is 3.00. The fourth-order valence-corrected chi connectivity index (χ4v) is 2.58. The van der Waals surface area contributed by atoms with Gasteiger partial charge in [-0.05, 0) is 13.3 Å². The third kappa shape index (κ3) is 2.64. The summed E-state index contributed by atoms with van der Waals surface area (Å²) in [6, 6.07) is 8.35. The maximum Gasteiger partial charge on any atom is 0.159 e. The van der Waals surface area contributed by atoms with Gasteiger partial charge in [-0.15, -0.1) is 5.10 Å². The molecule has 0 amide bonds. The van der Waals surface area contributed by atoms with Crippen molar-refractivity contribution >= 4 is 32.5 Å². The molecule has 18 heavy (non-hydrogen) atoms. The maximum absolute atomic E-state index is 4.40. The zero-order valence-corrected chi connectivity index (χ0v) is 12.4. The van der Waals surface area contributed by atoms with Crippen LogP contribution >= 0.6 is 15.9 Å². The zero-order valence-electron chi connectivity index (χ0n) is 10.9. The van der Waals surface area contributed by atoms with Gasteiger partial charge in [-0.2, -0.15) is 5.10 Å². The molecule has 1 heterocycles. The average Bonchev–Trinajstić information content (AvgIpc) is 2.39. The van der Waals surface area contributed by atoms with Crippen molar-refractivity contribution in [3.05, 3.63) is 30.0 Å². The van der Waals surface area contributed by atoms with Gasteiger partial charge in [-0.1, -0.05) is 47.1 Å². The number of aromatic nitrogens is 2. The van der Waals surface area contributed by atoms with Crippen molar-refractivity contribution in [2.45, 2.75) is 20.3 Å². The lowest BCUT2D eigenvalue weighted by Gasteiger charge is -2.23. The minimum absolute atomic E-state index is 0.941. The molecule has 1 aromatic carbocycles. The van der Waals surface area contributed by atoms with Crippen molar-refractivity contribution in [2.75, 3.05) is 23.3 Å². The van der Waals surface area contributed by atoms with E-state index in [2.05, 4.69) is 62.2 Å². The standard InChI is InChI=1S/C14H18BrN3/c1-3-9-18(10-8-15)14-13-7-5-4-6-12(13)11(2)16-17-14/h4-7H,3,8-10H2,1-2H3. The van der Waals surface area contributed by atoms with Crippen molar-refractivity contribution in [3.8, 4) is 0 Å². The Labute approximate surface area is 116 Å². The molecule has 0 N–H and O–H groups in total. The van der Waals surface area contributed by atoms with Gasteiger partial charge in [0.25, 0.3) is 0 Å². The Morgan fingerprint density at radius 3 is 2.50 bits per heavy atom. The molecule has 0 radical (unpaired) electrons.